The summed E-state index contributed by atoms with van der Waals surface area (Å²) in [5.41, 5.74) is -1.22. The highest BCUT2D eigenvalue weighted by molar-refractivity contribution is 5.74. The number of nitrogens with one attached hydrogen (secondary N) is 1. The molecule has 0 aromatic rings. The fraction of sp³-hybridized carbons (Fsp3) is 0.904. The third-order valence-electron chi connectivity index (χ3n) is 19.4. The number of fused-ring (bicyclic) bond motifs is 7. The monoisotopic (exact) mass is 934 g/mol. The van der Waals surface area contributed by atoms with Crippen LogP contribution < -0.4 is 5.32 Å². The van der Waals surface area contributed by atoms with E-state index in [1.54, 1.807) is 0 Å². The highest BCUT2D eigenvalue weighted by Crippen LogP contribution is 2.78. The molecule has 0 aliphatic heterocycles. The lowest BCUT2D eigenvalue weighted by Crippen LogP contribution is -2.65. The molecule has 6 aliphatic carbocycles. The Labute approximate surface area is 396 Å². The number of hydrogen-bond donors (Lipinski definition) is 4. The molecule has 18 atom stereocenters. The summed E-state index contributed by atoms with van der Waals surface area (Å²) in [7, 11) is 0. The molecule has 6 rings (SSSR count). The smallest absolute Gasteiger partial charge is 0.303 e. The van der Waals surface area contributed by atoms with Gasteiger partial charge in [-0.2, -0.15) is 0 Å². The second-order valence-electron chi connectivity index (χ2n) is 23.5. The Morgan fingerprint density at radius 1 is 0.667 bits per heavy atom. The van der Waals surface area contributed by atoms with E-state index >= 15 is 0 Å². The third kappa shape index (κ3) is 9.45. The Morgan fingerprint density at radius 2 is 1.27 bits per heavy atom. The molecule has 14 nitrogen and oxygen atoms in total. The van der Waals surface area contributed by atoms with E-state index in [1.165, 1.54) is 64.2 Å². The van der Waals surface area contributed by atoms with Crippen LogP contribution in [0.15, 0.2) is 0 Å². The van der Waals surface area contributed by atoms with E-state index in [9.17, 15) is 39.3 Å². The summed E-state index contributed by atoms with van der Waals surface area (Å²) in [4.78, 5) is 62.5. The van der Waals surface area contributed by atoms with Crippen molar-refractivity contribution in [2.75, 3.05) is 13.2 Å². The van der Waals surface area contributed by atoms with Crippen molar-refractivity contribution in [2.24, 2.45) is 62.6 Å². The molecule has 0 heterocycles. The molecule has 4 N–H and O–H groups in total. The average molecular weight is 934 g/mol. The van der Waals surface area contributed by atoms with Crippen LogP contribution in [-0.2, 0) is 47.7 Å². The molecular formula is C52H85NO13. The van der Waals surface area contributed by atoms with Gasteiger partial charge in [0.25, 0.3) is 0 Å². The van der Waals surface area contributed by atoms with Crippen molar-refractivity contribution in [1.82, 2.24) is 5.32 Å². The van der Waals surface area contributed by atoms with Crippen molar-refractivity contribution in [1.29, 1.82) is 0 Å². The molecule has 0 aromatic carbocycles. The average Bonchev–Trinajstić information content (AvgIpc) is 3.67. The van der Waals surface area contributed by atoms with Gasteiger partial charge in [0, 0.05) is 41.2 Å². The molecule has 1 unspecified atom stereocenters. The molecule has 0 aromatic heterocycles. The molecule has 6 fully saturated rings. The Balaban J connectivity index is 1.12. The van der Waals surface area contributed by atoms with Crippen LogP contribution in [0.4, 0.5) is 0 Å². The van der Waals surface area contributed by atoms with Gasteiger partial charge in [-0.05, 0) is 146 Å². The molecule has 0 bridgehead atoms. The number of aliphatic hydroxyl groups is 3. The van der Waals surface area contributed by atoms with Gasteiger partial charge in [0.15, 0.2) is 12.2 Å². The van der Waals surface area contributed by atoms with Crippen LogP contribution in [0.2, 0.25) is 0 Å². The molecular weight excluding hydrogens is 847 g/mol. The number of aliphatic hydroxyl groups excluding tert-OH is 3. The van der Waals surface area contributed by atoms with Crippen molar-refractivity contribution < 1.29 is 65.7 Å². The molecule has 6 aliphatic rings. The molecule has 6 saturated carbocycles. The molecule has 66 heavy (non-hydrogen) atoms. The van der Waals surface area contributed by atoms with Gasteiger partial charge in [-0.15, -0.1) is 0 Å². The zero-order chi connectivity index (χ0) is 50.7. The minimum Gasteiger partial charge on any atom is -0.461 e. The van der Waals surface area contributed by atoms with Crippen LogP contribution in [0, 0.1) is 62.6 Å². The summed E-state index contributed by atoms with van der Waals surface area (Å²) in [6.45, 7) is 19.0. The van der Waals surface area contributed by atoms with Crippen LogP contribution in [0.3, 0.4) is 0 Å². The number of hydrogen-bond acceptors (Lipinski definition) is 13. The lowest BCUT2D eigenvalue weighted by atomic mass is 9.32. The van der Waals surface area contributed by atoms with E-state index in [4.69, 9.17) is 26.4 Å². The van der Waals surface area contributed by atoms with Crippen molar-refractivity contribution in [3.63, 3.8) is 0 Å². The first-order chi connectivity index (χ1) is 31.4. The predicted octanol–water partition coefficient (Wildman–Crippen LogP) is 7.00. The minimum absolute atomic E-state index is 0.247. The molecule has 1 amide bonds. The zero-order valence-corrected chi connectivity index (χ0v) is 42.0. The first-order valence-corrected chi connectivity index (χ1v) is 25.1. The second-order valence-corrected chi connectivity index (χ2v) is 23.5. The maximum Gasteiger partial charge on any atom is 0.303 e. The lowest BCUT2D eigenvalue weighted by molar-refractivity contribution is -0.241. The van der Waals surface area contributed by atoms with E-state index in [0.29, 0.717) is 45.8 Å². The number of rotatable bonds is 16. The first-order valence-electron chi connectivity index (χ1n) is 26.1. The predicted molar refractivity (Wildman–Crippen MR) is 245 cm³/mol. The Morgan fingerprint density at radius 3 is 1.86 bits per heavy atom. The van der Waals surface area contributed by atoms with Crippen molar-refractivity contribution in [3.8, 4) is 0 Å². The van der Waals surface area contributed by atoms with Crippen LogP contribution in [0.5, 0.6) is 0 Å². The van der Waals surface area contributed by atoms with Crippen molar-refractivity contribution >= 4 is 29.8 Å². The van der Waals surface area contributed by atoms with Crippen molar-refractivity contribution in [2.45, 2.75) is 221 Å². The molecule has 0 radical (unpaired) electrons. The molecule has 0 saturated heterocycles. The van der Waals surface area contributed by atoms with Gasteiger partial charge in [0.2, 0.25) is 11.5 Å². The number of ether oxygens (including phenoxy) is 5. The van der Waals surface area contributed by atoms with Gasteiger partial charge in [0.1, 0.15) is 24.8 Å². The van der Waals surface area contributed by atoms with Gasteiger partial charge < -0.3 is 44.3 Å². The summed E-state index contributed by atoms with van der Waals surface area (Å²) in [6, 6.07) is -1.57. The maximum absolute atomic E-state index is 12.8. The summed E-state index contributed by atoms with van der Waals surface area (Å²) in [5, 5.41) is 36.4. The standard InChI is InChI=1S/C52H85NO13/c1-29(35-18-24-48(9)36(35)19-25-50(11)40(48)16-17-41-49(10)23-13-22-47(7,8)39(49)20-26-51(41,50)12)14-15-37(59)43(61)38(60)21-27-62-45-42(53-30(2)54)44(64-32(4)56)46(65-33(5)57)52(45,66-34(6)58)28-63-31(3)55/h29,35-46,59-61H,13-28H2,1-12H3,(H,53,54)/t29?,35-,36+,37-,38+,39+,40-,41-,42-,43-,44-,45+,46+,48+,49+,50-,51-,52+/m1/s1/i28D2. The number of amides is 1. The van der Waals surface area contributed by atoms with Crippen LogP contribution in [0.1, 0.15) is 176 Å². The van der Waals surface area contributed by atoms with Crippen LogP contribution in [0.25, 0.3) is 0 Å². The molecule has 376 valence electrons. The summed E-state index contributed by atoms with van der Waals surface area (Å²) in [5.74, 6) is -1.39. The van der Waals surface area contributed by atoms with E-state index < -0.39 is 91.2 Å². The fourth-order valence-corrected chi connectivity index (χ4v) is 16.5. The summed E-state index contributed by atoms with van der Waals surface area (Å²) >= 11 is 0. The van der Waals surface area contributed by atoms with E-state index in [0.717, 1.165) is 52.9 Å². The van der Waals surface area contributed by atoms with Gasteiger partial charge >= 0.3 is 23.9 Å². The van der Waals surface area contributed by atoms with E-state index in [-0.39, 0.29) is 24.2 Å². The number of carbonyl (C=O) groups excluding carboxylic acids is 5. The fourth-order valence-electron chi connectivity index (χ4n) is 16.5. The first kappa shape index (κ1) is 49.6. The third-order valence-corrected chi connectivity index (χ3v) is 19.4. The largest absolute Gasteiger partial charge is 0.461 e. The highest BCUT2D eigenvalue weighted by atomic mass is 16.7. The van der Waals surface area contributed by atoms with Gasteiger partial charge in [-0.3, -0.25) is 24.0 Å². The number of esters is 4. The minimum atomic E-state index is -3.35. The van der Waals surface area contributed by atoms with Gasteiger partial charge in [-0.1, -0.05) is 54.9 Å². The summed E-state index contributed by atoms with van der Waals surface area (Å²) in [6.07, 6.45) is 4.65. The SMILES string of the molecule is [2H]C([2H])(OC(C)=O)[C@]1(OC(C)=O)[C@@H](OCC[C@H](O)[C@H](O)[C@H](O)CCC(C)[C@H]2CC[C@]3(C)[C@H]4CC[C@@H]5[C@@]6(C)CCCC(C)(C)[C@@H]6CC[C@@]5(C)[C@]4(C)CC[C@@H]23)[C@H](NC(C)=O)[C@@H](OC(C)=O)[C@@H]1OC(C)=O. The zero-order valence-electron chi connectivity index (χ0n) is 44.0. The highest BCUT2D eigenvalue weighted by Gasteiger charge is 2.71. The van der Waals surface area contributed by atoms with Gasteiger partial charge in [0.05, 0.1) is 14.9 Å². The molecule has 14 heteroatoms. The van der Waals surface area contributed by atoms with Gasteiger partial charge in [-0.25, -0.2) is 0 Å². The molecule has 0 spiro atoms. The normalized spacial score (nSPS) is 42.6. The Bertz CT molecular complexity index is 1900. The quantitative estimate of drug-likeness (QED) is 0.0911. The lowest BCUT2D eigenvalue weighted by Gasteiger charge is -2.73. The Kier molecular flexibility index (Phi) is 14.7. The Hall–Kier alpha value is -2.81. The van der Waals surface area contributed by atoms with Crippen LogP contribution >= 0.6 is 0 Å². The summed E-state index contributed by atoms with van der Waals surface area (Å²) < 4.78 is 45.5. The van der Waals surface area contributed by atoms with E-state index in [1.807, 2.05) is 0 Å². The number of carbonyl (C=O) groups is 5. The second kappa shape index (κ2) is 19.5. The van der Waals surface area contributed by atoms with Crippen LogP contribution in [-0.4, -0.2) is 107 Å². The van der Waals surface area contributed by atoms with Crippen molar-refractivity contribution in [3.05, 3.63) is 0 Å². The maximum atomic E-state index is 12.8. The van der Waals surface area contributed by atoms with E-state index in [2.05, 4.69) is 53.8 Å². The topological polar surface area (TPSA) is 204 Å².